The van der Waals surface area contributed by atoms with E-state index in [2.05, 4.69) is 71.0 Å². The van der Waals surface area contributed by atoms with E-state index in [1.165, 1.54) is 3.57 Å². The van der Waals surface area contributed by atoms with Crippen molar-refractivity contribution in [1.29, 1.82) is 0 Å². The Kier molecular flexibility index (Phi) is 3.79. The van der Waals surface area contributed by atoms with Gasteiger partial charge >= 0.3 is 0 Å². The molecule has 2 rings (SSSR count). The van der Waals surface area contributed by atoms with E-state index in [1.807, 2.05) is 0 Å². The van der Waals surface area contributed by atoms with Crippen molar-refractivity contribution in [2.75, 3.05) is 17.6 Å². The van der Waals surface area contributed by atoms with Crippen LogP contribution in [0.3, 0.4) is 0 Å². The van der Waals surface area contributed by atoms with Crippen LogP contribution in [0, 0.1) is 8.99 Å². The Morgan fingerprint density at radius 2 is 2.00 bits per heavy atom. The number of thioether (sulfide) groups is 1. The first kappa shape index (κ1) is 12.2. The molecule has 1 heterocycles. The number of hydrogen-bond acceptors (Lipinski definition) is 3. The Morgan fingerprint density at radius 1 is 1.31 bits per heavy atom. The zero-order valence-electron chi connectivity index (χ0n) is 9.46. The molecule has 4 heteroatoms. The first-order valence-electron chi connectivity index (χ1n) is 5.25. The van der Waals surface area contributed by atoms with E-state index in [1.54, 1.807) is 11.8 Å². The number of hydrogen-bond donors (Lipinski definition) is 1. The maximum absolute atomic E-state index is 4.57. The normalized spacial score (nSPS) is 19.1. The van der Waals surface area contributed by atoms with Gasteiger partial charge in [-0.3, -0.25) is 4.99 Å². The lowest BCUT2D eigenvalue weighted by Gasteiger charge is -2.27. The maximum atomic E-state index is 4.57. The molecule has 1 aliphatic rings. The predicted octanol–water partition coefficient (Wildman–Crippen LogP) is 3.83. The third-order valence-corrected chi connectivity index (χ3v) is 4.50. The third-order valence-electron chi connectivity index (χ3n) is 2.35. The molecule has 0 fully saturated rings. The maximum Gasteiger partial charge on any atom is 0.161 e. The second-order valence-corrected chi connectivity index (χ2v) is 6.92. The summed E-state index contributed by atoms with van der Waals surface area (Å²) in [6.07, 6.45) is 0. The standard InChI is InChI=1S/C12H15IN2S/c1-12(2)7-14-11(16-8-12)15-10-5-3-9(13)4-6-10/h3-6H,7-8H2,1-2H3,(H,14,15). The van der Waals surface area contributed by atoms with Crippen LogP contribution in [-0.2, 0) is 0 Å². The SMILES string of the molecule is CC1(C)CN=C(Nc2ccc(I)cc2)SC1. The van der Waals surface area contributed by atoms with Crippen molar-refractivity contribution >= 4 is 45.2 Å². The minimum absolute atomic E-state index is 0.335. The first-order valence-corrected chi connectivity index (χ1v) is 7.31. The average Bonchev–Trinajstić information content (AvgIpc) is 2.24. The molecule has 1 N–H and O–H groups in total. The highest BCUT2D eigenvalue weighted by atomic mass is 127. The van der Waals surface area contributed by atoms with Crippen LogP contribution in [0.1, 0.15) is 13.8 Å². The molecule has 1 aliphatic heterocycles. The Morgan fingerprint density at radius 3 is 2.56 bits per heavy atom. The van der Waals surface area contributed by atoms with Crippen LogP contribution in [0.15, 0.2) is 29.3 Å². The molecule has 0 aromatic heterocycles. The lowest BCUT2D eigenvalue weighted by molar-refractivity contribution is 0.438. The number of nitrogens with zero attached hydrogens (tertiary/aromatic N) is 1. The van der Waals surface area contributed by atoms with Crippen molar-refractivity contribution < 1.29 is 0 Å². The van der Waals surface area contributed by atoms with Gasteiger partial charge in [0, 0.05) is 21.6 Å². The van der Waals surface area contributed by atoms with Gasteiger partial charge in [-0.1, -0.05) is 25.6 Å². The summed E-state index contributed by atoms with van der Waals surface area (Å²) in [7, 11) is 0. The van der Waals surface area contributed by atoms with Crippen LogP contribution >= 0.6 is 34.4 Å². The fraction of sp³-hybridized carbons (Fsp3) is 0.417. The third kappa shape index (κ3) is 3.38. The number of anilines is 1. The quantitative estimate of drug-likeness (QED) is 0.782. The molecule has 1 aromatic rings. The van der Waals surface area contributed by atoms with Gasteiger partial charge in [0.25, 0.3) is 0 Å². The molecular weight excluding hydrogens is 331 g/mol. The highest BCUT2D eigenvalue weighted by molar-refractivity contribution is 14.1. The van der Waals surface area contributed by atoms with Crippen LogP contribution in [0.5, 0.6) is 0 Å². The van der Waals surface area contributed by atoms with Crippen LogP contribution in [0.4, 0.5) is 5.69 Å². The number of amidine groups is 1. The monoisotopic (exact) mass is 346 g/mol. The molecule has 2 nitrogen and oxygen atoms in total. The van der Waals surface area contributed by atoms with Crippen molar-refractivity contribution in [3.8, 4) is 0 Å². The van der Waals surface area contributed by atoms with E-state index in [9.17, 15) is 0 Å². The molecule has 16 heavy (non-hydrogen) atoms. The number of aliphatic imine (C=N–C) groups is 1. The largest absolute Gasteiger partial charge is 0.335 e. The van der Waals surface area contributed by atoms with Gasteiger partial charge in [0.1, 0.15) is 0 Å². The summed E-state index contributed by atoms with van der Waals surface area (Å²) in [5.41, 5.74) is 1.45. The number of benzene rings is 1. The molecule has 0 saturated carbocycles. The highest BCUT2D eigenvalue weighted by Gasteiger charge is 2.23. The number of halogens is 1. The van der Waals surface area contributed by atoms with E-state index in [0.717, 1.165) is 23.2 Å². The highest BCUT2D eigenvalue weighted by Crippen LogP contribution is 2.28. The van der Waals surface area contributed by atoms with E-state index in [0.29, 0.717) is 5.41 Å². The van der Waals surface area contributed by atoms with Crippen molar-refractivity contribution in [3.05, 3.63) is 27.8 Å². The second kappa shape index (κ2) is 4.96. The number of nitrogens with one attached hydrogen (secondary N) is 1. The number of rotatable bonds is 1. The van der Waals surface area contributed by atoms with Crippen molar-refractivity contribution in [2.24, 2.45) is 10.4 Å². The van der Waals surface area contributed by atoms with Crippen molar-refractivity contribution in [3.63, 3.8) is 0 Å². The van der Waals surface area contributed by atoms with Gasteiger partial charge in [-0.25, -0.2) is 0 Å². The van der Waals surface area contributed by atoms with Crippen molar-refractivity contribution in [2.45, 2.75) is 13.8 Å². The molecule has 0 bridgehead atoms. The minimum Gasteiger partial charge on any atom is -0.335 e. The molecule has 0 radical (unpaired) electrons. The second-order valence-electron chi connectivity index (χ2n) is 4.71. The van der Waals surface area contributed by atoms with Crippen molar-refractivity contribution in [1.82, 2.24) is 0 Å². The Labute approximate surface area is 114 Å². The van der Waals surface area contributed by atoms with E-state index in [4.69, 9.17) is 0 Å². The van der Waals surface area contributed by atoms with Gasteiger partial charge in [0.2, 0.25) is 0 Å². The molecule has 0 amide bonds. The van der Waals surface area contributed by atoms with Gasteiger partial charge < -0.3 is 5.32 Å². The van der Waals surface area contributed by atoms with E-state index in [-0.39, 0.29) is 0 Å². The lowest BCUT2D eigenvalue weighted by atomic mass is 9.97. The molecule has 0 unspecified atom stereocenters. The molecule has 0 aliphatic carbocycles. The summed E-state index contributed by atoms with van der Waals surface area (Å²) < 4.78 is 1.25. The summed E-state index contributed by atoms with van der Waals surface area (Å²) in [5.74, 6) is 1.13. The van der Waals surface area contributed by atoms with Gasteiger partial charge in [-0.15, -0.1) is 0 Å². The Balaban J connectivity index is 2.01. The molecule has 1 aromatic carbocycles. The predicted molar refractivity (Wildman–Crippen MR) is 81.3 cm³/mol. The van der Waals surface area contributed by atoms with E-state index >= 15 is 0 Å². The average molecular weight is 346 g/mol. The summed E-state index contributed by atoms with van der Waals surface area (Å²) in [5, 5.41) is 4.40. The van der Waals surface area contributed by atoms with Gasteiger partial charge in [0.15, 0.2) is 5.17 Å². The van der Waals surface area contributed by atoms with E-state index < -0.39 is 0 Å². The van der Waals surface area contributed by atoms with Crippen LogP contribution in [0.2, 0.25) is 0 Å². The molecule has 86 valence electrons. The zero-order chi connectivity index (χ0) is 11.6. The lowest BCUT2D eigenvalue weighted by Crippen LogP contribution is -2.27. The van der Waals surface area contributed by atoms with Gasteiger partial charge in [-0.05, 0) is 52.3 Å². The smallest absolute Gasteiger partial charge is 0.161 e. The van der Waals surface area contributed by atoms with Crippen LogP contribution < -0.4 is 5.32 Å². The van der Waals surface area contributed by atoms with Crippen LogP contribution in [-0.4, -0.2) is 17.5 Å². The molecule has 0 saturated heterocycles. The Hall–Kier alpha value is -0.230. The topological polar surface area (TPSA) is 24.4 Å². The minimum atomic E-state index is 0.335. The summed E-state index contributed by atoms with van der Waals surface area (Å²) in [6.45, 7) is 5.42. The van der Waals surface area contributed by atoms with Gasteiger partial charge in [-0.2, -0.15) is 0 Å². The fourth-order valence-electron chi connectivity index (χ4n) is 1.37. The van der Waals surface area contributed by atoms with Gasteiger partial charge in [0.05, 0.1) is 0 Å². The molecular formula is C12H15IN2S. The Bertz CT molecular complexity index is 398. The fourth-order valence-corrected chi connectivity index (χ4v) is 2.70. The molecule has 0 spiro atoms. The summed E-state index contributed by atoms with van der Waals surface area (Å²) in [4.78, 5) is 4.57. The summed E-state index contributed by atoms with van der Waals surface area (Å²) in [6, 6.07) is 8.37. The van der Waals surface area contributed by atoms with Crippen LogP contribution in [0.25, 0.3) is 0 Å². The summed E-state index contributed by atoms with van der Waals surface area (Å²) >= 11 is 4.11. The first-order chi connectivity index (χ1) is 7.55. The molecule has 0 atom stereocenters. The zero-order valence-corrected chi connectivity index (χ0v) is 12.4.